The van der Waals surface area contributed by atoms with E-state index in [2.05, 4.69) is 14.8 Å². The third-order valence-electron chi connectivity index (χ3n) is 11.0. The van der Waals surface area contributed by atoms with Gasteiger partial charge >= 0.3 is 0 Å². The van der Waals surface area contributed by atoms with Crippen LogP contribution >= 0.6 is 0 Å². The van der Waals surface area contributed by atoms with E-state index in [-0.39, 0.29) is 36.2 Å². The topological polar surface area (TPSA) is 90.7 Å². The van der Waals surface area contributed by atoms with Crippen LogP contribution in [0.4, 0.5) is 5.82 Å². The number of hydrogen-bond donors (Lipinski definition) is 2. The second-order valence-corrected chi connectivity index (χ2v) is 13.5. The Morgan fingerprint density at radius 3 is 2.30 bits per heavy atom. The molecule has 0 spiro atoms. The Morgan fingerprint density at radius 1 is 0.925 bits per heavy atom. The molecule has 2 saturated carbocycles. The average molecular weight is 548 g/mol. The molecule has 7 rings (SSSR count). The van der Waals surface area contributed by atoms with Crippen molar-refractivity contribution in [2.45, 2.75) is 120 Å². The lowest BCUT2D eigenvalue weighted by Crippen LogP contribution is -2.69. The van der Waals surface area contributed by atoms with E-state index < -0.39 is 0 Å². The van der Waals surface area contributed by atoms with Crippen molar-refractivity contribution in [2.24, 2.45) is 11.8 Å². The van der Waals surface area contributed by atoms with E-state index in [0.29, 0.717) is 24.4 Å². The van der Waals surface area contributed by atoms with Gasteiger partial charge in [-0.05, 0) is 68.9 Å². The SMILES string of the molecule is CC(=O)NC1CN(c2nc3ccccc3n(C3CC4CCCC(C3)N4C3CC4CCCCC(C4)C3)c2=O)C1CO. The summed E-state index contributed by atoms with van der Waals surface area (Å²) in [4.78, 5) is 35.6. The number of amides is 1. The number of rotatable bonds is 5. The van der Waals surface area contributed by atoms with Gasteiger partial charge in [0, 0.05) is 37.6 Å². The number of para-hydroxylation sites is 2. The predicted molar refractivity (Wildman–Crippen MR) is 156 cm³/mol. The quantitative estimate of drug-likeness (QED) is 0.588. The number of anilines is 1. The molecule has 4 bridgehead atoms. The number of carbonyl (C=O) groups excluding carboxylic acids is 1. The molecule has 5 fully saturated rings. The first-order valence-corrected chi connectivity index (χ1v) is 15.9. The first-order chi connectivity index (χ1) is 19.5. The van der Waals surface area contributed by atoms with E-state index in [1.807, 2.05) is 29.2 Å². The van der Waals surface area contributed by atoms with Crippen LogP contribution in [0, 0.1) is 11.8 Å². The molecule has 2 aromatic rings. The van der Waals surface area contributed by atoms with Gasteiger partial charge in [0.15, 0.2) is 5.82 Å². The van der Waals surface area contributed by atoms with Crippen LogP contribution in [0.15, 0.2) is 29.1 Å². The molecule has 3 saturated heterocycles. The lowest BCUT2D eigenvalue weighted by Gasteiger charge is -2.54. The van der Waals surface area contributed by atoms with Crippen LogP contribution in [-0.4, -0.2) is 68.8 Å². The van der Waals surface area contributed by atoms with Gasteiger partial charge < -0.3 is 19.9 Å². The van der Waals surface area contributed by atoms with Gasteiger partial charge in [0.1, 0.15) is 0 Å². The van der Waals surface area contributed by atoms with Crippen molar-refractivity contribution in [3.63, 3.8) is 0 Å². The minimum atomic E-state index is -0.338. The molecule has 6 unspecified atom stereocenters. The zero-order chi connectivity index (χ0) is 27.4. The smallest absolute Gasteiger partial charge is 0.294 e. The summed E-state index contributed by atoms with van der Waals surface area (Å²) in [7, 11) is 0. The lowest BCUT2D eigenvalue weighted by molar-refractivity contribution is -0.120. The number of carbonyl (C=O) groups is 1. The lowest BCUT2D eigenvalue weighted by atomic mass is 9.73. The minimum Gasteiger partial charge on any atom is -0.394 e. The Kier molecular flexibility index (Phi) is 7.11. The third-order valence-corrected chi connectivity index (χ3v) is 11.0. The Morgan fingerprint density at radius 2 is 1.62 bits per heavy atom. The second-order valence-electron chi connectivity index (χ2n) is 13.5. The van der Waals surface area contributed by atoms with Crippen molar-refractivity contribution in [1.82, 2.24) is 19.8 Å². The van der Waals surface area contributed by atoms with Gasteiger partial charge in [0.2, 0.25) is 5.91 Å². The zero-order valence-electron chi connectivity index (χ0n) is 23.9. The molecular weight excluding hydrogens is 502 g/mol. The number of aromatic nitrogens is 2. The number of hydrogen-bond acceptors (Lipinski definition) is 6. The fraction of sp³-hybridized carbons (Fsp3) is 0.719. The van der Waals surface area contributed by atoms with Gasteiger partial charge in [-0.2, -0.15) is 0 Å². The summed E-state index contributed by atoms with van der Waals surface area (Å²) < 4.78 is 2.06. The number of nitrogens with zero attached hydrogens (tertiary/aromatic N) is 4. The molecule has 1 aromatic carbocycles. The zero-order valence-corrected chi connectivity index (χ0v) is 23.9. The van der Waals surface area contributed by atoms with E-state index in [0.717, 1.165) is 41.8 Å². The van der Waals surface area contributed by atoms with E-state index in [9.17, 15) is 14.7 Å². The molecule has 6 atom stereocenters. The maximum absolute atomic E-state index is 14.3. The maximum atomic E-state index is 14.3. The summed E-state index contributed by atoms with van der Waals surface area (Å²) in [6.45, 7) is 1.84. The fourth-order valence-corrected chi connectivity index (χ4v) is 9.42. The summed E-state index contributed by atoms with van der Waals surface area (Å²) in [5.74, 6) is 2.11. The van der Waals surface area contributed by atoms with E-state index in [1.165, 1.54) is 71.1 Å². The van der Waals surface area contributed by atoms with Crippen molar-refractivity contribution >= 4 is 22.8 Å². The van der Waals surface area contributed by atoms with Crippen molar-refractivity contribution < 1.29 is 9.90 Å². The minimum absolute atomic E-state index is 0.0568. The molecule has 5 aliphatic rings. The molecule has 2 aliphatic carbocycles. The number of nitrogens with one attached hydrogen (secondary N) is 1. The van der Waals surface area contributed by atoms with E-state index in [4.69, 9.17) is 4.98 Å². The summed E-state index contributed by atoms with van der Waals surface area (Å²) in [5, 5.41) is 13.0. The van der Waals surface area contributed by atoms with Crippen LogP contribution < -0.4 is 15.8 Å². The fourth-order valence-electron chi connectivity index (χ4n) is 9.42. The molecule has 8 heteroatoms. The summed E-state index contributed by atoms with van der Waals surface area (Å²) >= 11 is 0. The Balaban J connectivity index is 1.20. The number of aliphatic hydroxyl groups is 1. The normalized spacial score (nSPS) is 36.1. The highest BCUT2D eigenvalue weighted by Crippen LogP contribution is 2.47. The summed E-state index contributed by atoms with van der Waals surface area (Å²) in [6.07, 6.45) is 15.7. The van der Waals surface area contributed by atoms with E-state index in [1.54, 1.807) is 0 Å². The molecule has 8 nitrogen and oxygen atoms in total. The van der Waals surface area contributed by atoms with Crippen LogP contribution in [0.3, 0.4) is 0 Å². The van der Waals surface area contributed by atoms with Crippen LogP contribution in [0.2, 0.25) is 0 Å². The monoisotopic (exact) mass is 547 g/mol. The molecule has 216 valence electrons. The van der Waals surface area contributed by atoms with Crippen LogP contribution in [0.1, 0.15) is 90.0 Å². The van der Waals surface area contributed by atoms with Crippen molar-refractivity contribution in [2.75, 3.05) is 18.1 Å². The molecule has 40 heavy (non-hydrogen) atoms. The standard InChI is InChI=1S/C32H45N5O3/c1-20(39)33-28-18-35(30(28)19-38)31-32(40)37(29-12-5-4-11-27(29)34-31)26-16-23-9-6-10-24(17-26)36(23)25-14-21-7-2-3-8-22(13-21)15-25/h4-5,11-12,21-26,28,30,38H,2-3,6-10,13-19H2,1H3,(H,33,39). The number of benzene rings is 1. The van der Waals surface area contributed by atoms with E-state index >= 15 is 0 Å². The number of fused-ring (bicyclic) bond motifs is 5. The predicted octanol–water partition coefficient (Wildman–Crippen LogP) is 4.00. The van der Waals surface area contributed by atoms with Gasteiger partial charge in [0.25, 0.3) is 5.56 Å². The van der Waals surface area contributed by atoms with Crippen LogP contribution in [-0.2, 0) is 4.79 Å². The third kappa shape index (κ3) is 4.65. The highest BCUT2D eigenvalue weighted by molar-refractivity contribution is 5.77. The van der Waals surface area contributed by atoms with Gasteiger partial charge in [-0.1, -0.05) is 44.2 Å². The Bertz CT molecular complexity index is 1280. The molecule has 3 aliphatic heterocycles. The Hall–Kier alpha value is -2.45. The maximum Gasteiger partial charge on any atom is 0.294 e. The van der Waals surface area contributed by atoms with Crippen LogP contribution in [0.25, 0.3) is 11.0 Å². The van der Waals surface area contributed by atoms with Crippen molar-refractivity contribution in [3.05, 3.63) is 34.6 Å². The van der Waals surface area contributed by atoms with Crippen molar-refractivity contribution in [3.8, 4) is 0 Å². The summed E-state index contributed by atoms with van der Waals surface area (Å²) in [6, 6.07) is 9.47. The second kappa shape index (κ2) is 10.8. The van der Waals surface area contributed by atoms with Crippen LogP contribution in [0.5, 0.6) is 0 Å². The highest BCUT2D eigenvalue weighted by Gasteiger charge is 2.46. The van der Waals surface area contributed by atoms with Gasteiger partial charge in [-0.25, -0.2) is 4.98 Å². The number of aliphatic hydroxyl groups excluding tert-OH is 1. The largest absolute Gasteiger partial charge is 0.394 e. The first-order valence-electron chi connectivity index (χ1n) is 15.9. The molecule has 0 radical (unpaired) electrons. The van der Waals surface area contributed by atoms with Gasteiger partial charge in [-0.3, -0.25) is 14.5 Å². The molecular formula is C32H45N5O3. The molecule has 1 aromatic heterocycles. The first kappa shape index (κ1) is 26.4. The average Bonchev–Trinajstić information content (AvgIpc) is 3.09. The summed E-state index contributed by atoms with van der Waals surface area (Å²) in [5.41, 5.74) is 1.68. The highest BCUT2D eigenvalue weighted by atomic mass is 16.3. The van der Waals surface area contributed by atoms with Crippen molar-refractivity contribution in [1.29, 1.82) is 0 Å². The Labute approximate surface area is 237 Å². The van der Waals surface area contributed by atoms with Gasteiger partial charge in [-0.15, -0.1) is 0 Å². The molecule has 2 N–H and O–H groups in total. The number of piperidine rings is 2. The molecule has 4 heterocycles. The van der Waals surface area contributed by atoms with Gasteiger partial charge in [0.05, 0.1) is 29.7 Å². The molecule has 1 amide bonds.